The summed E-state index contributed by atoms with van der Waals surface area (Å²) in [6, 6.07) is 19.7. The number of rotatable bonds is 8. The van der Waals surface area contributed by atoms with Crippen LogP contribution in [0, 0.1) is 0 Å². The molecule has 0 aliphatic heterocycles. The zero-order chi connectivity index (χ0) is 33.3. The lowest BCUT2D eigenvalue weighted by Crippen LogP contribution is -2.15. The van der Waals surface area contributed by atoms with E-state index in [0.717, 1.165) is 11.1 Å². The van der Waals surface area contributed by atoms with E-state index in [1.807, 2.05) is 0 Å². The lowest BCUT2D eigenvalue weighted by atomic mass is 10.1. The number of hydrogen-bond donors (Lipinski definition) is 3. The highest BCUT2D eigenvalue weighted by molar-refractivity contribution is 6.42. The third kappa shape index (κ3) is 10.3. The molecule has 3 N–H and O–H groups in total. The van der Waals surface area contributed by atoms with Crippen molar-refractivity contribution in [2.45, 2.75) is 12.8 Å². The van der Waals surface area contributed by atoms with Crippen molar-refractivity contribution in [1.82, 2.24) is 0 Å². The number of ether oxygens (including phenoxy) is 1. The fraction of sp³-hybridized carbons (Fsp3) is 0.0968. The second-order valence-electron chi connectivity index (χ2n) is 9.07. The van der Waals surface area contributed by atoms with Crippen molar-refractivity contribution < 1.29 is 29.0 Å². The quantitative estimate of drug-likeness (QED) is 0.156. The van der Waals surface area contributed by atoms with Gasteiger partial charge < -0.3 is 20.5 Å². The van der Waals surface area contributed by atoms with Crippen LogP contribution < -0.4 is 10.6 Å². The Hall–Kier alpha value is -3.50. The minimum absolute atomic E-state index is 0.00494. The number of anilines is 2. The lowest BCUT2D eigenvalue weighted by molar-refractivity contribution is -0.116. The summed E-state index contributed by atoms with van der Waals surface area (Å²) in [6.45, 7) is 0. The van der Waals surface area contributed by atoms with Gasteiger partial charge in [-0.2, -0.15) is 0 Å². The molecule has 0 aliphatic rings. The number of methoxy groups -OCH3 is 1. The van der Waals surface area contributed by atoms with E-state index >= 15 is 0 Å². The zero-order valence-corrected chi connectivity index (χ0v) is 27.6. The van der Waals surface area contributed by atoms with Crippen LogP contribution in [0.3, 0.4) is 0 Å². The molecule has 0 bridgehead atoms. The van der Waals surface area contributed by atoms with Crippen molar-refractivity contribution in [3.63, 3.8) is 0 Å². The molecule has 0 atom stereocenters. The van der Waals surface area contributed by atoms with Gasteiger partial charge in [-0.15, -0.1) is 0 Å². The van der Waals surface area contributed by atoms with Gasteiger partial charge in [-0.25, -0.2) is 9.59 Å². The van der Waals surface area contributed by atoms with E-state index in [1.54, 1.807) is 48.5 Å². The van der Waals surface area contributed by atoms with Gasteiger partial charge in [0.25, 0.3) is 0 Å². The van der Waals surface area contributed by atoms with Gasteiger partial charge in [0.15, 0.2) is 0 Å². The molecule has 0 saturated carbocycles. The molecule has 0 unspecified atom stereocenters. The van der Waals surface area contributed by atoms with Crippen molar-refractivity contribution >= 4 is 105 Å². The van der Waals surface area contributed by atoms with Gasteiger partial charge in [0.05, 0.1) is 62.5 Å². The second kappa shape index (κ2) is 16.7. The Balaban J connectivity index is 0.000000246. The van der Waals surface area contributed by atoms with Gasteiger partial charge in [0.1, 0.15) is 0 Å². The van der Waals surface area contributed by atoms with Crippen molar-refractivity contribution in [3.8, 4) is 0 Å². The predicted octanol–water partition coefficient (Wildman–Crippen LogP) is 9.14. The molecule has 8 nitrogen and oxygen atoms in total. The number of carbonyl (C=O) groups excluding carboxylic acids is 3. The first-order valence-corrected chi connectivity index (χ1v) is 14.9. The van der Waals surface area contributed by atoms with Crippen LogP contribution in [-0.4, -0.2) is 36.0 Å². The molecule has 2 amide bonds. The largest absolute Gasteiger partial charge is 0.478 e. The maximum atomic E-state index is 12.1. The molecule has 0 spiro atoms. The smallest absolute Gasteiger partial charge is 0.340 e. The van der Waals surface area contributed by atoms with Crippen molar-refractivity contribution in [2.75, 3.05) is 17.7 Å². The van der Waals surface area contributed by atoms with Gasteiger partial charge in [-0.1, -0.05) is 93.9 Å². The van der Waals surface area contributed by atoms with Gasteiger partial charge in [0, 0.05) is 10.0 Å². The van der Waals surface area contributed by atoms with E-state index in [0.29, 0.717) is 10.0 Å². The summed E-state index contributed by atoms with van der Waals surface area (Å²) in [5, 5.41) is 15.4. The minimum Gasteiger partial charge on any atom is -0.478 e. The Morgan fingerprint density at radius 3 is 1.47 bits per heavy atom. The number of carboxylic acids is 1. The monoisotopic (exact) mass is 728 g/mol. The van der Waals surface area contributed by atoms with E-state index in [2.05, 4.69) is 15.4 Å². The number of hydrogen-bond acceptors (Lipinski definition) is 5. The molecule has 0 aromatic heterocycles. The Labute approximate surface area is 288 Å². The lowest BCUT2D eigenvalue weighted by Gasteiger charge is -2.11. The van der Waals surface area contributed by atoms with Crippen molar-refractivity contribution in [3.05, 3.63) is 125 Å². The predicted molar refractivity (Wildman–Crippen MR) is 179 cm³/mol. The molecule has 4 aromatic carbocycles. The first-order chi connectivity index (χ1) is 21.3. The number of nitrogens with one attached hydrogen (secondary N) is 2. The SMILES string of the molecule is COC(=O)c1c(Cl)ccc(NC(=O)Cc2cccc(Cl)c2)c1Cl.O=C(Cc1cccc(Cl)c1)Nc1ccc(Cl)c(C(=O)O)c1Cl. The van der Waals surface area contributed by atoms with E-state index in [4.69, 9.17) is 74.7 Å². The number of carboxylic acid groups (broad SMARTS) is 1. The van der Waals surface area contributed by atoms with Crippen LogP contribution in [0.25, 0.3) is 0 Å². The summed E-state index contributed by atoms with van der Waals surface area (Å²) in [5.74, 6) is -2.58. The van der Waals surface area contributed by atoms with Crippen LogP contribution in [-0.2, 0) is 27.2 Å². The Morgan fingerprint density at radius 1 is 0.644 bits per heavy atom. The molecule has 4 rings (SSSR count). The van der Waals surface area contributed by atoms with Gasteiger partial charge in [0.2, 0.25) is 11.8 Å². The van der Waals surface area contributed by atoms with Gasteiger partial charge >= 0.3 is 11.9 Å². The average Bonchev–Trinajstić information content (AvgIpc) is 2.96. The molecule has 0 saturated heterocycles. The van der Waals surface area contributed by atoms with Gasteiger partial charge in [-0.05, 0) is 59.7 Å². The molecular weight excluding hydrogens is 709 g/mol. The first kappa shape index (κ1) is 36.0. The van der Waals surface area contributed by atoms with Crippen LogP contribution in [0.5, 0.6) is 0 Å². The molecule has 0 aliphatic carbocycles. The third-order valence-electron chi connectivity index (χ3n) is 5.84. The Bertz CT molecular complexity index is 1770. The van der Waals surface area contributed by atoms with Crippen LogP contribution in [0.15, 0.2) is 72.8 Å². The van der Waals surface area contributed by atoms with Crippen LogP contribution >= 0.6 is 69.6 Å². The highest BCUT2D eigenvalue weighted by Crippen LogP contribution is 2.33. The number of carbonyl (C=O) groups is 4. The number of esters is 1. The summed E-state index contributed by atoms with van der Waals surface area (Å²) in [7, 11) is 1.22. The maximum Gasteiger partial charge on any atom is 0.340 e. The van der Waals surface area contributed by atoms with Crippen molar-refractivity contribution in [2.24, 2.45) is 0 Å². The fourth-order valence-electron chi connectivity index (χ4n) is 3.84. The van der Waals surface area contributed by atoms with Crippen LogP contribution in [0.4, 0.5) is 11.4 Å². The highest BCUT2D eigenvalue weighted by atomic mass is 35.5. The molecular formula is C31H22Cl6N2O6. The van der Waals surface area contributed by atoms with Crippen LogP contribution in [0.1, 0.15) is 31.8 Å². The Kier molecular flexibility index (Phi) is 13.4. The molecule has 0 fully saturated rings. The molecule has 234 valence electrons. The average molecular weight is 731 g/mol. The molecule has 45 heavy (non-hydrogen) atoms. The van der Waals surface area contributed by atoms with E-state index in [1.165, 1.54) is 31.4 Å². The summed E-state index contributed by atoms with van der Waals surface area (Å²) in [5.41, 5.74) is 1.72. The van der Waals surface area contributed by atoms with E-state index in [-0.39, 0.29) is 67.2 Å². The number of aromatic carboxylic acids is 1. The van der Waals surface area contributed by atoms with Gasteiger partial charge in [-0.3, -0.25) is 9.59 Å². The summed E-state index contributed by atoms with van der Waals surface area (Å²) >= 11 is 35.6. The molecule has 4 aromatic rings. The topological polar surface area (TPSA) is 122 Å². The fourth-order valence-corrected chi connectivity index (χ4v) is 5.41. The third-order valence-corrected chi connectivity index (χ3v) is 7.73. The Morgan fingerprint density at radius 2 is 1.07 bits per heavy atom. The standard InChI is InChI=1S/C16H12Cl3NO3.C15H10Cl3NO3/c1-23-16(22)14-11(18)5-6-12(15(14)19)20-13(21)8-9-3-2-4-10(17)7-9;16-9-3-1-2-8(6-9)7-12(20)19-11-5-4-10(17)13(14(11)18)15(21)22/h2-7H,8H2,1H3,(H,20,21);1-6H,7H2,(H,19,20)(H,21,22). The van der Waals surface area contributed by atoms with Crippen LogP contribution in [0.2, 0.25) is 30.1 Å². The maximum absolute atomic E-state index is 12.1. The highest BCUT2D eigenvalue weighted by Gasteiger charge is 2.20. The van der Waals surface area contributed by atoms with Crippen molar-refractivity contribution in [1.29, 1.82) is 0 Å². The number of benzene rings is 4. The van der Waals surface area contributed by atoms with E-state index < -0.39 is 11.9 Å². The normalized spacial score (nSPS) is 10.3. The molecule has 14 heteroatoms. The second-order valence-corrected chi connectivity index (χ2v) is 11.5. The summed E-state index contributed by atoms with van der Waals surface area (Å²) in [6.07, 6.45) is 0.203. The first-order valence-electron chi connectivity index (χ1n) is 12.7. The molecule has 0 heterocycles. The zero-order valence-electron chi connectivity index (χ0n) is 23.1. The minimum atomic E-state index is -1.26. The molecule has 0 radical (unpaired) electrons. The number of halogens is 6. The summed E-state index contributed by atoms with van der Waals surface area (Å²) < 4.78 is 4.63. The number of amides is 2. The van der Waals surface area contributed by atoms with E-state index in [9.17, 15) is 19.2 Å². The summed E-state index contributed by atoms with van der Waals surface area (Å²) in [4.78, 5) is 47.0.